The Morgan fingerprint density at radius 3 is 2.39 bits per heavy atom. The van der Waals surface area contributed by atoms with Crippen molar-refractivity contribution >= 4 is 11.6 Å². The highest BCUT2D eigenvalue weighted by molar-refractivity contribution is 5.97. The number of fused-ring (bicyclic) bond motifs is 5. The van der Waals surface area contributed by atoms with Crippen LogP contribution < -0.4 is 0 Å². The van der Waals surface area contributed by atoms with Gasteiger partial charge in [0.1, 0.15) is 6.61 Å². The van der Waals surface area contributed by atoms with Gasteiger partial charge >= 0.3 is 0 Å². The molecule has 86 valence electrons. The van der Waals surface area contributed by atoms with Crippen molar-refractivity contribution in [1.29, 1.82) is 0 Å². The van der Waals surface area contributed by atoms with Crippen LogP contribution in [-0.4, -0.2) is 6.61 Å². The summed E-state index contributed by atoms with van der Waals surface area (Å²) in [6, 6.07) is 17.1. The Morgan fingerprint density at radius 1 is 0.778 bits per heavy atom. The van der Waals surface area contributed by atoms with Gasteiger partial charge in [0.25, 0.3) is 0 Å². The number of hydrogen-bond acceptors (Lipinski definition) is 1. The number of hydrogen-bond donors (Lipinski definition) is 0. The van der Waals surface area contributed by atoms with E-state index in [2.05, 4.69) is 54.6 Å². The van der Waals surface area contributed by atoms with Gasteiger partial charge in [-0.25, -0.2) is 0 Å². The highest BCUT2D eigenvalue weighted by Crippen LogP contribution is 2.41. The first-order valence-corrected chi connectivity index (χ1v) is 6.15. The second-order valence-electron chi connectivity index (χ2n) is 4.64. The fraction of sp³-hybridized carbons (Fsp3) is 0.0588. The quantitative estimate of drug-likeness (QED) is 0.663. The van der Waals surface area contributed by atoms with Crippen molar-refractivity contribution in [3.8, 4) is 11.1 Å². The minimum Gasteiger partial charge on any atom is -0.496 e. The Labute approximate surface area is 106 Å². The molecule has 1 heterocycles. The Kier molecular flexibility index (Phi) is 1.95. The molecule has 2 aliphatic rings. The second-order valence-corrected chi connectivity index (χ2v) is 4.64. The van der Waals surface area contributed by atoms with Crippen LogP contribution >= 0.6 is 0 Å². The summed E-state index contributed by atoms with van der Waals surface area (Å²) < 4.78 is 5.49. The maximum absolute atomic E-state index is 5.49. The van der Waals surface area contributed by atoms with Crippen molar-refractivity contribution in [3.05, 3.63) is 71.5 Å². The molecule has 1 aliphatic heterocycles. The molecule has 0 bridgehead atoms. The van der Waals surface area contributed by atoms with Crippen molar-refractivity contribution in [2.45, 2.75) is 0 Å². The van der Waals surface area contributed by atoms with E-state index in [1.807, 2.05) is 6.26 Å². The van der Waals surface area contributed by atoms with Gasteiger partial charge in [0, 0.05) is 11.1 Å². The molecule has 1 nitrogen and oxygen atoms in total. The van der Waals surface area contributed by atoms with Crippen molar-refractivity contribution in [3.63, 3.8) is 0 Å². The zero-order chi connectivity index (χ0) is 11.9. The molecular weight excluding hydrogens is 220 g/mol. The van der Waals surface area contributed by atoms with Gasteiger partial charge in [-0.15, -0.1) is 0 Å². The summed E-state index contributed by atoms with van der Waals surface area (Å²) in [7, 11) is 0. The number of rotatable bonds is 0. The normalized spacial score (nSPS) is 15.6. The smallest absolute Gasteiger partial charge is 0.113 e. The first kappa shape index (κ1) is 9.72. The van der Waals surface area contributed by atoms with Crippen molar-refractivity contribution in [2.75, 3.05) is 6.61 Å². The van der Waals surface area contributed by atoms with Gasteiger partial charge in [-0.1, -0.05) is 48.5 Å². The summed E-state index contributed by atoms with van der Waals surface area (Å²) in [6.07, 6.45) is 4.13. The van der Waals surface area contributed by atoms with Crippen LogP contribution in [0.5, 0.6) is 0 Å². The van der Waals surface area contributed by atoms with Gasteiger partial charge in [0.2, 0.25) is 0 Å². The molecule has 2 aromatic carbocycles. The molecule has 0 spiro atoms. The molecule has 18 heavy (non-hydrogen) atoms. The van der Waals surface area contributed by atoms with Crippen molar-refractivity contribution in [1.82, 2.24) is 0 Å². The highest BCUT2D eigenvalue weighted by Gasteiger charge is 2.22. The van der Waals surface area contributed by atoms with E-state index >= 15 is 0 Å². The van der Waals surface area contributed by atoms with Gasteiger partial charge in [-0.05, 0) is 28.3 Å². The monoisotopic (exact) mass is 232 g/mol. The van der Waals surface area contributed by atoms with E-state index in [4.69, 9.17) is 4.74 Å². The van der Waals surface area contributed by atoms with E-state index in [0.717, 1.165) is 0 Å². The van der Waals surface area contributed by atoms with Gasteiger partial charge < -0.3 is 4.74 Å². The molecule has 0 aromatic heterocycles. The van der Waals surface area contributed by atoms with Gasteiger partial charge in [-0.2, -0.15) is 0 Å². The van der Waals surface area contributed by atoms with E-state index in [-0.39, 0.29) is 0 Å². The van der Waals surface area contributed by atoms with Gasteiger partial charge in [-0.3, -0.25) is 0 Å². The van der Waals surface area contributed by atoms with E-state index in [1.54, 1.807) is 0 Å². The first-order valence-electron chi connectivity index (χ1n) is 6.15. The fourth-order valence-corrected chi connectivity index (χ4v) is 2.73. The molecule has 0 amide bonds. The lowest BCUT2D eigenvalue weighted by Crippen LogP contribution is -1.88. The topological polar surface area (TPSA) is 9.23 Å². The van der Waals surface area contributed by atoms with Crippen LogP contribution in [0.4, 0.5) is 0 Å². The predicted molar refractivity (Wildman–Crippen MR) is 73.8 cm³/mol. The third-order valence-electron chi connectivity index (χ3n) is 3.58. The van der Waals surface area contributed by atoms with Crippen LogP contribution in [0.2, 0.25) is 0 Å². The zero-order valence-corrected chi connectivity index (χ0v) is 9.89. The molecule has 4 rings (SSSR count). The summed E-state index contributed by atoms with van der Waals surface area (Å²) in [5.41, 5.74) is 7.63. The SMILES string of the molecule is C1=C2COC=C2c2ccccc2-c2ccccc21. The average Bonchev–Trinajstić information content (AvgIpc) is 2.83. The van der Waals surface area contributed by atoms with E-state index in [9.17, 15) is 0 Å². The van der Waals surface area contributed by atoms with E-state index in [1.165, 1.54) is 33.4 Å². The first-order chi connectivity index (χ1) is 8.93. The lowest BCUT2D eigenvalue weighted by molar-refractivity contribution is 0.302. The molecule has 0 N–H and O–H groups in total. The minimum atomic E-state index is 0.679. The fourth-order valence-electron chi connectivity index (χ4n) is 2.73. The molecule has 0 radical (unpaired) electrons. The average molecular weight is 232 g/mol. The molecule has 0 fully saturated rings. The molecule has 0 saturated heterocycles. The Bertz CT molecular complexity index is 692. The molecule has 1 heteroatoms. The molecular formula is C17H12O. The summed E-state index contributed by atoms with van der Waals surface area (Å²) in [5.74, 6) is 0. The van der Waals surface area contributed by atoms with Crippen molar-refractivity contribution in [2.24, 2.45) is 0 Å². The van der Waals surface area contributed by atoms with Crippen LogP contribution in [0.1, 0.15) is 11.1 Å². The maximum Gasteiger partial charge on any atom is 0.113 e. The van der Waals surface area contributed by atoms with Gasteiger partial charge in [0.15, 0.2) is 0 Å². The molecule has 0 atom stereocenters. The van der Waals surface area contributed by atoms with Crippen LogP contribution in [-0.2, 0) is 4.74 Å². The maximum atomic E-state index is 5.49. The summed E-state index contributed by atoms with van der Waals surface area (Å²) >= 11 is 0. The summed E-state index contributed by atoms with van der Waals surface area (Å²) in [6.45, 7) is 0.679. The highest BCUT2D eigenvalue weighted by atomic mass is 16.5. The van der Waals surface area contributed by atoms with Crippen LogP contribution in [0, 0.1) is 0 Å². The Balaban J connectivity index is 2.12. The lowest BCUT2D eigenvalue weighted by atomic mass is 9.94. The number of ether oxygens (including phenoxy) is 1. The van der Waals surface area contributed by atoms with E-state index in [0.29, 0.717) is 6.61 Å². The van der Waals surface area contributed by atoms with Crippen LogP contribution in [0.25, 0.3) is 22.8 Å². The summed E-state index contributed by atoms with van der Waals surface area (Å²) in [4.78, 5) is 0. The van der Waals surface area contributed by atoms with Crippen LogP contribution in [0.3, 0.4) is 0 Å². The number of benzene rings is 2. The van der Waals surface area contributed by atoms with Gasteiger partial charge in [0.05, 0.1) is 6.26 Å². The van der Waals surface area contributed by atoms with E-state index < -0.39 is 0 Å². The Morgan fingerprint density at radius 2 is 1.50 bits per heavy atom. The third-order valence-corrected chi connectivity index (χ3v) is 3.58. The standard InChI is InChI=1S/C17H12O/c1-2-6-14-12(5-1)9-13-10-18-11-17(13)16-8-4-3-7-15(14)16/h1-9,11H,10H2. The zero-order valence-electron chi connectivity index (χ0n) is 9.89. The van der Waals surface area contributed by atoms with Crippen LogP contribution in [0.15, 0.2) is 60.4 Å². The second kappa shape index (κ2) is 3.61. The summed E-state index contributed by atoms with van der Waals surface area (Å²) in [5, 5.41) is 0. The Hall–Kier alpha value is -2.28. The molecule has 0 unspecified atom stereocenters. The third kappa shape index (κ3) is 1.28. The molecule has 0 saturated carbocycles. The largest absolute Gasteiger partial charge is 0.496 e. The molecule has 1 aliphatic carbocycles. The van der Waals surface area contributed by atoms with Crippen molar-refractivity contribution < 1.29 is 4.74 Å². The minimum absolute atomic E-state index is 0.679. The lowest BCUT2D eigenvalue weighted by Gasteiger charge is -2.09. The molecule has 2 aromatic rings. The predicted octanol–water partition coefficient (Wildman–Crippen LogP) is 4.12.